The quantitative estimate of drug-likeness (QED) is 0.904. The summed E-state index contributed by atoms with van der Waals surface area (Å²) in [5, 5.41) is 2.67. The molecule has 0 saturated carbocycles. The van der Waals surface area contributed by atoms with E-state index in [1.165, 1.54) is 4.90 Å². The summed E-state index contributed by atoms with van der Waals surface area (Å²) in [6.45, 7) is 7.25. The average Bonchev–Trinajstić information content (AvgIpc) is 2.28. The summed E-state index contributed by atoms with van der Waals surface area (Å²) < 4.78 is 5.20. The van der Waals surface area contributed by atoms with Gasteiger partial charge in [0.25, 0.3) is 5.91 Å². The predicted octanol–water partition coefficient (Wildman–Crippen LogP) is 3.04. The van der Waals surface area contributed by atoms with Gasteiger partial charge in [-0.3, -0.25) is 10.1 Å². The highest BCUT2D eigenvalue weighted by molar-refractivity contribution is 5.96. The number of anilines is 1. The molecule has 0 bridgehead atoms. The molecule has 1 aromatic rings. The van der Waals surface area contributed by atoms with Gasteiger partial charge in [-0.1, -0.05) is 6.07 Å². The van der Waals surface area contributed by atoms with Gasteiger partial charge in [0.15, 0.2) is 0 Å². The summed E-state index contributed by atoms with van der Waals surface area (Å²) in [5.74, 6) is -0.114. The van der Waals surface area contributed by atoms with Crippen LogP contribution >= 0.6 is 0 Å². The fourth-order valence-electron chi connectivity index (χ4n) is 1.56. The molecule has 1 N–H and O–H groups in total. The van der Waals surface area contributed by atoms with E-state index in [1.54, 1.807) is 53.1 Å². The molecule has 0 aromatic heterocycles. The number of rotatable bonds is 2. The third-order valence-electron chi connectivity index (χ3n) is 2.53. The number of hydrogen-bond acceptors (Lipinski definition) is 3. The molecule has 0 radical (unpaired) electrons. The minimum Gasteiger partial charge on any atom is -0.444 e. The van der Waals surface area contributed by atoms with Crippen molar-refractivity contribution >= 4 is 17.7 Å². The topological polar surface area (TPSA) is 58.6 Å². The molecular weight excluding hydrogens is 256 g/mol. The van der Waals surface area contributed by atoms with Crippen LogP contribution < -0.4 is 5.32 Å². The minimum atomic E-state index is -0.560. The average molecular weight is 278 g/mol. The van der Waals surface area contributed by atoms with E-state index in [9.17, 15) is 9.59 Å². The van der Waals surface area contributed by atoms with Gasteiger partial charge in [0.2, 0.25) is 0 Å². The van der Waals surface area contributed by atoms with E-state index in [4.69, 9.17) is 4.74 Å². The fraction of sp³-hybridized carbons (Fsp3) is 0.467. The highest BCUT2D eigenvalue weighted by Crippen LogP contribution is 2.19. The standard InChI is InChI=1S/C15H22N2O3/c1-10-7-8-11(13(18)17(5)6)9-12(10)16-14(19)20-15(2,3)4/h7-9H,1-6H3,(H,16,19). The highest BCUT2D eigenvalue weighted by Gasteiger charge is 2.17. The monoisotopic (exact) mass is 278 g/mol. The zero-order chi connectivity index (χ0) is 15.5. The molecule has 0 heterocycles. The van der Waals surface area contributed by atoms with Crippen molar-refractivity contribution in [2.75, 3.05) is 19.4 Å². The number of benzene rings is 1. The van der Waals surface area contributed by atoms with Gasteiger partial charge in [0.05, 0.1) is 0 Å². The summed E-state index contributed by atoms with van der Waals surface area (Å²) in [6.07, 6.45) is -0.532. The number of carbonyl (C=O) groups excluding carboxylic acids is 2. The molecule has 0 unspecified atom stereocenters. The molecule has 5 heteroatoms. The summed E-state index contributed by atoms with van der Waals surface area (Å²) in [6, 6.07) is 5.18. The number of amides is 2. The van der Waals surface area contributed by atoms with Gasteiger partial charge in [0.1, 0.15) is 5.60 Å². The van der Waals surface area contributed by atoms with Crippen molar-refractivity contribution in [2.24, 2.45) is 0 Å². The molecule has 20 heavy (non-hydrogen) atoms. The Labute approximate surface area is 119 Å². The van der Waals surface area contributed by atoms with Crippen molar-refractivity contribution in [2.45, 2.75) is 33.3 Å². The molecule has 1 aromatic carbocycles. The Balaban J connectivity index is 2.93. The number of nitrogens with one attached hydrogen (secondary N) is 1. The molecule has 0 aliphatic rings. The van der Waals surface area contributed by atoms with Crippen LogP contribution in [0.5, 0.6) is 0 Å². The normalized spacial score (nSPS) is 10.9. The van der Waals surface area contributed by atoms with Crippen molar-refractivity contribution in [3.63, 3.8) is 0 Å². The molecule has 5 nitrogen and oxygen atoms in total. The van der Waals surface area contributed by atoms with Crippen LogP contribution in [0, 0.1) is 6.92 Å². The van der Waals surface area contributed by atoms with Crippen molar-refractivity contribution < 1.29 is 14.3 Å². The Bertz CT molecular complexity index is 516. The number of ether oxygens (including phenoxy) is 1. The maximum Gasteiger partial charge on any atom is 0.412 e. The Kier molecular flexibility index (Phi) is 4.76. The molecule has 0 spiro atoms. The van der Waals surface area contributed by atoms with E-state index in [2.05, 4.69) is 5.32 Å². The van der Waals surface area contributed by atoms with Crippen LogP contribution in [-0.4, -0.2) is 36.6 Å². The number of hydrogen-bond donors (Lipinski definition) is 1. The van der Waals surface area contributed by atoms with Crippen molar-refractivity contribution in [3.05, 3.63) is 29.3 Å². The van der Waals surface area contributed by atoms with Crippen LogP contribution in [0.1, 0.15) is 36.7 Å². The lowest BCUT2D eigenvalue weighted by atomic mass is 10.1. The SMILES string of the molecule is Cc1ccc(C(=O)N(C)C)cc1NC(=O)OC(C)(C)C. The Morgan fingerprint density at radius 1 is 1.20 bits per heavy atom. The zero-order valence-electron chi connectivity index (χ0n) is 12.9. The van der Waals surface area contributed by atoms with Gasteiger partial charge in [-0.05, 0) is 45.4 Å². The van der Waals surface area contributed by atoms with Gasteiger partial charge in [-0.15, -0.1) is 0 Å². The van der Waals surface area contributed by atoms with E-state index in [1.807, 2.05) is 6.92 Å². The predicted molar refractivity (Wildman–Crippen MR) is 79.1 cm³/mol. The van der Waals surface area contributed by atoms with Crippen LogP contribution in [0.25, 0.3) is 0 Å². The Morgan fingerprint density at radius 2 is 1.80 bits per heavy atom. The lowest BCUT2D eigenvalue weighted by Crippen LogP contribution is -2.27. The molecule has 0 aliphatic heterocycles. The Hall–Kier alpha value is -2.04. The summed E-state index contributed by atoms with van der Waals surface area (Å²) in [4.78, 5) is 25.2. The van der Waals surface area contributed by atoms with Gasteiger partial charge in [0, 0.05) is 25.3 Å². The third kappa shape index (κ3) is 4.57. The van der Waals surface area contributed by atoms with Crippen molar-refractivity contribution in [1.29, 1.82) is 0 Å². The number of nitrogens with zero attached hydrogens (tertiary/aromatic N) is 1. The fourth-order valence-corrected chi connectivity index (χ4v) is 1.56. The van der Waals surface area contributed by atoms with Gasteiger partial charge >= 0.3 is 6.09 Å². The second-order valence-corrected chi connectivity index (χ2v) is 5.86. The largest absolute Gasteiger partial charge is 0.444 e. The van der Waals surface area contributed by atoms with Crippen molar-refractivity contribution in [3.8, 4) is 0 Å². The Morgan fingerprint density at radius 3 is 2.30 bits per heavy atom. The van der Waals surface area contributed by atoms with Crippen LogP contribution in [-0.2, 0) is 4.74 Å². The third-order valence-corrected chi connectivity index (χ3v) is 2.53. The molecule has 0 atom stereocenters. The summed E-state index contributed by atoms with van der Waals surface area (Å²) in [5.41, 5.74) is 1.40. The molecular formula is C15H22N2O3. The zero-order valence-corrected chi connectivity index (χ0v) is 12.9. The smallest absolute Gasteiger partial charge is 0.412 e. The molecule has 0 saturated heterocycles. The first-order chi connectivity index (χ1) is 9.10. The van der Waals surface area contributed by atoms with Gasteiger partial charge in [-0.25, -0.2) is 4.79 Å². The van der Waals surface area contributed by atoms with E-state index >= 15 is 0 Å². The maximum atomic E-state index is 11.9. The number of carbonyl (C=O) groups is 2. The lowest BCUT2D eigenvalue weighted by molar-refractivity contribution is 0.0635. The lowest BCUT2D eigenvalue weighted by Gasteiger charge is -2.20. The molecule has 0 aliphatic carbocycles. The van der Waals surface area contributed by atoms with E-state index in [0.29, 0.717) is 11.3 Å². The van der Waals surface area contributed by atoms with E-state index in [0.717, 1.165) is 5.56 Å². The molecule has 110 valence electrons. The van der Waals surface area contributed by atoms with Crippen LogP contribution in [0.3, 0.4) is 0 Å². The van der Waals surface area contributed by atoms with Gasteiger partial charge < -0.3 is 9.64 Å². The second-order valence-electron chi connectivity index (χ2n) is 5.86. The van der Waals surface area contributed by atoms with Crippen LogP contribution in [0.4, 0.5) is 10.5 Å². The summed E-state index contributed by atoms with van der Waals surface area (Å²) in [7, 11) is 3.37. The minimum absolute atomic E-state index is 0.114. The highest BCUT2D eigenvalue weighted by atomic mass is 16.6. The first-order valence-electron chi connectivity index (χ1n) is 6.42. The van der Waals surface area contributed by atoms with Crippen LogP contribution in [0.2, 0.25) is 0 Å². The van der Waals surface area contributed by atoms with Crippen molar-refractivity contribution in [1.82, 2.24) is 4.90 Å². The van der Waals surface area contributed by atoms with E-state index < -0.39 is 11.7 Å². The summed E-state index contributed by atoms with van der Waals surface area (Å²) >= 11 is 0. The maximum absolute atomic E-state index is 11.9. The van der Waals surface area contributed by atoms with Gasteiger partial charge in [-0.2, -0.15) is 0 Å². The van der Waals surface area contributed by atoms with Crippen LogP contribution in [0.15, 0.2) is 18.2 Å². The molecule has 0 fully saturated rings. The first kappa shape index (κ1) is 16.0. The molecule has 2 amide bonds. The van der Waals surface area contributed by atoms with E-state index in [-0.39, 0.29) is 5.91 Å². The first-order valence-corrected chi connectivity index (χ1v) is 6.42. The number of aryl methyl sites for hydroxylation is 1. The molecule has 1 rings (SSSR count). The second kappa shape index (κ2) is 5.94.